The van der Waals surface area contributed by atoms with Crippen molar-refractivity contribution >= 4 is 5.97 Å². The lowest BCUT2D eigenvalue weighted by Crippen LogP contribution is -1.93. The van der Waals surface area contributed by atoms with Gasteiger partial charge in [-0.25, -0.2) is 0 Å². The van der Waals surface area contributed by atoms with E-state index in [1.54, 1.807) is 0 Å². The summed E-state index contributed by atoms with van der Waals surface area (Å²) in [5.41, 5.74) is 0. The number of carbonyl (C=O) groups is 1. The van der Waals surface area contributed by atoms with Gasteiger partial charge in [0.25, 0.3) is 0 Å². The van der Waals surface area contributed by atoms with E-state index < -0.39 is 5.97 Å². The molecule has 0 heterocycles. The third-order valence-corrected chi connectivity index (χ3v) is 3.34. The molecule has 0 aromatic carbocycles. The Morgan fingerprint density at radius 3 is 1.76 bits per heavy atom. The summed E-state index contributed by atoms with van der Waals surface area (Å²) in [6.07, 6.45) is 13.8. The summed E-state index contributed by atoms with van der Waals surface area (Å²) < 4.78 is 0. The average molecular weight is 290 g/mol. The molecule has 0 saturated heterocycles. The van der Waals surface area contributed by atoms with Crippen LogP contribution >= 0.6 is 0 Å². The molecule has 118 valence electrons. The van der Waals surface area contributed by atoms with Crippen molar-refractivity contribution in [2.45, 2.75) is 90.4 Å². The zero-order valence-electron chi connectivity index (χ0n) is 13.5. The van der Waals surface area contributed by atoms with Gasteiger partial charge in [0.15, 0.2) is 0 Å². The van der Waals surface area contributed by atoms with Crippen LogP contribution in [0.4, 0.5) is 0 Å². The molecule has 0 amide bonds. The Morgan fingerprint density at radius 1 is 0.762 bits per heavy atom. The summed E-state index contributed by atoms with van der Waals surface area (Å²) in [5.74, 6) is 11.4. The van der Waals surface area contributed by atoms with E-state index in [0.717, 1.165) is 38.5 Å². The first-order valence-electron chi connectivity index (χ1n) is 8.45. The Morgan fingerprint density at radius 2 is 1.24 bits per heavy atom. The SMILES string of the molecule is CCCCCC#CC#CCCCCCCCCCC(=O)O. The Balaban J connectivity index is 3.23. The van der Waals surface area contributed by atoms with Gasteiger partial charge in [-0.15, -0.1) is 0 Å². The number of carboxylic acid groups (broad SMARTS) is 1. The maximum Gasteiger partial charge on any atom is 0.303 e. The molecule has 0 aromatic rings. The molecular formula is C19H30O2. The van der Waals surface area contributed by atoms with Gasteiger partial charge in [0.2, 0.25) is 0 Å². The van der Waals surface area contributed by atoms with Crippen LogP contribution in [0.3, 0.4) is 0 Å². The lowest BCUT2D eigenvalue weighted by molar-refractivity contribution is -0.137. The fraction of sp³-hybridized carbons (Fsp3) is 0.737. The van der Waals surface area contributed by atoms with E-state index in [2.05, 4.69) is 30.6 Å². The number of carboxylic acids is 1. The molecule has 0 unspecified atom stereocenters. The lowest BCUT2D eigenvalue weighted by atomic mass is 10.1. The van der Waals surface area contributed by atoms with Gasteiger partial charge in [-0.2, -0.15) is 0 Å². The number of aliphatic carboxylic acids is 1. The summed E-state index contributed by atoms with van der Waals surface area (Å²) in [4.78, 5) is 10.3. The van der Waals surface area contributed by atoms with E-state index >= 15 is 0 Å². The highest BCUT2D eigenvalue weighted by molar-refractivity contribution is 5.66. The Labute approximate surface area is 130 Å². The molecule has 0 rings (SSSR count). The third-order valence-electron chi connectivity index (χ3n) is 3.34. The molecule has 0 bridgehead atoms. The van der Waals surface area contributed by atoms with Crippen LogP contribution in [-0.4, -0.2) is 11.1 Å². The Hall–Kier alpha value is -1.41. The van der Waals surface area contributed by atoms with Crippen molar-refractivity contribution in [3.63, 3.8) is 0 Å². The minimum Gasteiger partial charge on any atom is -0.481 e. The molecule has 0 atom stereocenters. The Kier molecular flexibility index (Phi) is 15.5. The Bertz CT molecular complexity index is 362. The number of unbranched alkanes of at least 4 members (excludes halogenated alkanes) is 10. The maximum absolute atomic E-state index is 10.3. The first kappa shape index (κ1) is 19.6. The number of hydrogen-bond donors (Lipinski definition) is 1. The zero-order chi connectivity index (χ0) is 15.6. The second-order valence-electron chi connectivity index (χ2n) is 5.43. The van der Waals surface area contributed by atoms with E-state index in [4.69, 9.17) is 5.11 Å². The van der Waals surface area contributed by atoms with Crippen molar-refractivity contribution in [3.05, 3.63) is 0 Å². The molecule has 0 aliphatic heterocycles. The van der Waals surface area contributed by atoms with Crippen LogP contribution in [0.2, 0.25) is 0 Å². The van der Waals surface area contributed by atoms with Crippen LogP contribution in [0, 0.1) is 23.7 Å². The van der Waals surface area contributed by atoms with Crippen LogP contribution in [0.25, 0.3) is 0 Å². The highest BCUT2D eigenvalue weighted by atomic mass is 16.4. The molecule has 0 aliphatic carbocycles. The molecule has 2 nitrogen and oxygen atoms in total. The molecule has 0 aromatic heterocycles. The van der Waals surface area contributed by atoms with Crippen molar-refractivity contribution in [3.8, 4) is 23.7 Å². The van der Waals surface area contributed by atoms with Crippen LogP contribution in [0.15, 0.2) is 0 Å². The van der Waals surface area contributed by atoms with Gasteiger partial charge in [-0.3, -0.25) is 4.79 Å². The van der Waals surface area contributed by atoms with Gasteiger partial charge in [-0.05, 0) is 31.1 Å². The van der Waals surface area contributed by atoms with Crippen molar-refractivity contribution in [1.29, 1.82) is 0 Å². The van der Waals surface area contributed by atoms with E-state index in [9.17, 15) is 4.79 Å². The zero-order valence-corrected chi connectivity index (χ0v) is 13.5. The first-order chi connectivity index (χ1) is 10.3. The highest BCUT2D eigenvalue weighted by Crippen LogP contribution is 2.09. The van der Waals surface area contributed by atoms with E-state index in [-0.39, 0.29) is 0 Å². The van der Waals surface area contributed by atoms with Crippen molar-refractivity contribution in [1.82, 2.24) is 0 Å². The van der Waals surface area contributed by atoms with Gasteiger partial charge in [0.05, 0.1) is 0 Å². The summed E-state index contributed by atoms with van der Waals surface area (Å²) in [7, 11) is 0. The van der Waals surface area contributed by atoms with Crippen LogP contribution in [0.5, 0.6) is 0 Å². The molecule has 1 N–H and O–H groups in total. The molecule has 21 heavy (non-hydrogen) atoms. The molecule has 0 radical (unpaired) electrons. The second-order valence-corrected chi connectivity index (χ2v) is 5.43. The summed E-state index contributed by atoms with van der Waals surface area (Å²) in [5, 5.41) is 8.51. The predicted octanol–water partition coefficient (Wildman–Crippen LogP) is 5.17. The van der Waals surface area contributed by atoms with Crippen LogP contribution in [0.1, 0.15) is 90.4 Å². The fourth-order valence-corrected chi connectivity index (χ4v) is 2.05. The van der Waals surface area contributed by atoms with Crippen molar-refractivity contribution < 1.29 is 9.90 Å². The summed E-state index contributed by atoms with van der Waals surface area (Å²) >= 11 is 0. The predicted molar refractivity (Wildman–Crippen MR) is 88.9 cm³/mol. The lowest BCUT2D eigenvalue weighted by Gasteiger charge is -1.99. The monoisotopic (exact) mass is 290 g/mol. The summed E-state index contributed by atoms with van der Waals surface area (Å²) in [6.45, 7) is 2.20. The minimum absolute atomic E-state index is 0.315. The van der Waals surface area contributed by atoms with Crippen molar-refractivity contribution in [2.24, 2.45) is 0 Å². The average Bonchev–Trinajstić information content (AvgIpc) is 2.46. The normalized spacial score (nSPS) is 9.38. The molecule has 0 saturated carbocycles. The highest BCUT2D eigenvalue weighted by Gasteiger charge is 1.96. The maximum atomic E-state index is 10.3. The largest absolute Gasteiger partial charge is 0.481 e. The topological polar surface area (TPSA) is 37.3 Å². The van der Waals surface area contributed by atoms with E-state index in [1.807, 2.05) is 0 Å². The van der Waals surface area contributed by atoms with Crippen LogP contribution in [-0.2, 0) is 4.79 Å². The third kappa shape index (κ3) is 18.6. The van der Waals surface area contributed by atoms with E-state index in [1.165, 1.54) is 38.5 Å². The molecular weight excluding hydrogens is 260 g/mol. The van der Waals surface area contributed by atoms with Gasteiger partial charge < -0.3 is 5.11 Å². The minimum atomic E-state index is -0.679. The van der Waals surface area contributed by atoms with Gasteiger partial charge in [-0.1, -0.05) is 63.7 Å². The standard InChI is InChI=1S/C19H30O2/c1-2-3-4-5-6-7-8-9-10-11-12-13-14-15-16-17-18-19(20)21/h2-5,10-18H2,1H3,(H,20,21). The van der Waals surface area contributed by atoms with Crippen molar-refractivity contribution in [2.75, 3.05) is 0 Å². The smallest absolute Gasteiger partial charge is 0.303 e. The van der Waals surface area contributed by atoms with Crippen LogP contribution < -0.4 is 0 Å². The van der Waals surface area contributed by atoms with Gasteiger partial charge >= 0.3 is 5.97 Å². The number of rotatable bonds is 12. The number of hydrogen-bond acceptors (Lipinski definition) is 1. The first-order valence-corrected chi connectivity index (χ1v) is 8.45. The summed E-state index contributed by atoms with van der Waals surface area (Å²) in [6, 6.07) is 0. The molecule has 0 aliphatic rings. The molecule has 2 heteroatoms. The van der Waals surface area contributed by atoms with E-state index in [0.29, 0.717) is 6.42 Å². The molecule has 0 fully saturated rings. The van der Waals surface area contributed by atoms with Gasteiger partial charge in [0.1, 0.15) is 0 Å². The second kappa shape index (κ2) is 16.6. The van der Waals surface area contributed by atoms with Gasteiger partial charge in [0, 0.05) is 19.3 Å². The quantitative estimate of drug-likeness (QED) is 0.398. The fourth-order valence-electron chi connectivity index (χ4n) is 2.05. The molecule has 0 spiro atoms.